The number of amides is 2. The van der Waals surface area contributed by atoms with Crippen LogP contribution >= 0.6 is 0 Å². The Labute approximate surface area is 97.4 Å². The summed E-state index contributed by atoms with van der Waals surface area (Å²) < 4.78 is 0. The fourth-order valence-electron chi connectivity index (χ4n) is 1.74. The van der Waals surface area contributed by atoms with E-state index < -0.39 is 0 Å². The lowest BCUT2D eigenvalue weighted by Gasteiger charge is -2.33. The van der Waals surface area contributed by atoms with Crippen molar-refractivity contribution in [1.29, 1.82) is 0 Å². The van der Waals surface area contributed by atoms with Crippen molar-refractivity contribution >= 4 is 11.8 Å². The lowest BCUT2D eigenvalue weighted by atomic mass is 9.94. The van der Waals surface area contributed by atoms with E-state index in [4.69, 9.17) is 0 Å². The van der Waals surface area contributed by atoms with E-state index >= 15 is 0 Å². The largest absolute Gasteiger partial charge is 0.353 e. The van der Waals surface area contributed by atoms with E-state index in [1.54, 1.807) is 6.92 Å². The Morgan fingerprint density at radius 2 is 1.69 bits per heavy atom. The molecule has 0 unspecified atom stereocenters. The molecule has 0 bridgehead atoms. The van der Waals surface area contributed by atoms with Gasteiger partial charge in [0.15, 0.2) is 0 Å². The van der Waals surface area contributed by atoms with Gasteiger partial charge in [-0.05, 0) is 12.8 Å². The Balaban J connectivity index is 2.38. The van der Waals surface area contributed by atoms with E-state index in [1.807, 2.05) is 25.7 Å². The molecular formula is C12H22N2O2. The summed E-state index contributed by atoms with van der Waals surface area (Å²) in [6.07, 6.45) is 1.73. The van der Waals surface area contributed by atoms with E-state index in [1.165, 1.54) is 0 Å². The zero-order valence-electron chi connectivity index (χ0n) is 10.7. The molecule has 1 saturated heterocycles. The predicted molar refractivity (Wildman–Crippen MR) is 62.9 cm³/mol. The Kier molecular flexibility index (Phi) is 3.94. The van der Waals surface area contributed by atoms with E-state index in [9.17, 15) is 9.59 Å². The first kappa shape index (κ1) is 13.0. The molecule has 0 atom stereocenters. The van der Waals surface area contributed by atoms with Crippen LogP contribution in [-0.2, 0) is 9.59 Å². The summed E-state index contributed by atoms with van der Waals surface area (Å²) in [7, 11) is 0. The van der Waals surface area contributed by atoms with E-state index in [-0.39, 0.29) is 23.3 Å². The van der Waals surface area contributed by atoms with Crippen LogP contribution in [0.15, 0.2) is 0 Å². The molecule has 1 N–H and O–H groups in total. The summed E-state index contributed by atoms with van der Waals surface area (Å²) in [5.41, 5.74) is -0.336. The minimum atomic E-state index is -0.336. The Bertz CT molecular complexity index is 273. The zero-order chi connectivity index (χ0) is 12.3. The quantitative estimate of drug-likeness (QED) is 0.729. The van der Waals surface area contributed by atoms with Crippen molar-refractivity contribution in [2.75, 3.05) is 13.1 Å². The number of likely N-dealkylation sites (tertiary alicyclic amines) is 1. The van der Waals surface area contributed by atoms with Gasteiger partial charge in [0.2, 0.25) is 11.8 Å². The number of carbonyl (C=O) groups excluding carboxylic acids is 2. The van der Waals surface area contributed by atoms with Crippen molar-refractivity contribution in [2.24, 2.45) is 5.41 Å². The first-order valence-electron chi connectivity index (χ1n) is 5.87. The Morgan fingerprint density at radius 1 is 1.19 bits per heavy atom. The monoisotopic (exact) mass is 226 g/mol. The van der Waals surface area contributed by atoms with Gasteiger partial charge < -0.3 is 10.2 Å². The molecule has 0 aliphatic carbocycles. The van der Waals surface area contributed by atoms with Gasteiger partial charge >= 0.3 is 0 Å². The van der Waals surface area contributed by atoms with Crippen molar-refractivity contribution in [1.82, 2.24) is 10.2 Å². The van der Waals surface area contributed by atoms with Gasteiger partial charge in [0.25, 0.3) is 0 Å². The van der Waals surface area contributed by atoms with E-state index in [2.05, 4.69) is 5.32 Å². The maximum absolute atomic E-state index is 11.8. The molecule has 4 nitrogen and oxygen atoms in total. The van der Waals surface area contributed by atoms with Crippen molar-refractivity contribution < 1.29 is 9.59 Å². The lowest BCUT2D eigenvalue weighted by molar-refractivity contribution is -0.131. The molecule has 4 heteroatoms. The molecule has 1 aliphatic rings. The third kappa shape index (κ3) is 3.51. The molecule has 0 radical (unpaired) electrons. The zero-order valence-corrected chi connectivity index (χ0v) is 10.7. The van der Waals surface area contributed by atoms with Gasteiger partial charge in [-0.3, -0.25) is 9.59 Å². The van der Waals surface area contributed by atoms with Crippen LogP contribution in [0.25, 0.3) is 0 Å². The normalized spacial score (nSPS) is 18.4. The smallest absolute Gasteiger partial charge is 0.225 e. The minimum Gasteiger partial charge on any atom is -0.353 e. The summed E-state index contributed by atoms with van der Waals surface area (Å²) in [5, 5.41) is 3.04. The van der Waals surface area contributed by atoms with Gasteiger partial charge in [-0.25, -0.2) is 0 Å². The standard InChI is InChI=1S/C12H22N2O2/c1-9(15)14-7-5-10(6-8-14)13-11(16)12(2,3)4/h10H,5-8H2,1-4H3,(H,13,16). The van der Waals surface area contributed by atoms with Gasteiger partial charge in [0.05, 0.1) is 0 Å². The van der Waals surface area contributed by atoms with Crippen LogP contribution in [0.1, 0.15) is 40.5 Å². The van der Waals surface area contributed by atoms with Crippen molar-refractivity contribution in [3.63, 3.8) is 0 Å². The highest BCUT2D eigenvalue weighted by molar-refractivity contribution is 5.81. The molecule has 0 saturated carbocycles. The summed E-state index contributed by atoms with van der Waals surface area (Å²) in [6.45, 7) is 8.83. The number of nitrogens with zero attached hydrogens (tertiary/aromatic N) is 1. The van der Waals surface area contributed by atoms with E-state index in [0.717, 1.165) is 25.9 Å². The third-order valence-corrected chi connectivity index (χ3v) is 2.96. The van der Waals surface area contributed by atoms with Gasteiger partial charge in [-0.15, -0.1) is 0 Å². The number of carbonyl (C=O) groups is 2. The molecule has 0 aromatic rings. The van der Waals surface area contributed by atoms with Crippen LogP contribution in [0.3, 0.4) is 0 Å². The number of nitrogens with one attached hydrogen (secondary N) is 1. The molecule has 1 rings (SSSR count). The molecule has 92 valence electrons. The number of rotatable bonds is 1. The first-order valence-corrected chi connectivity index (χ1v) is 5.87. The highest BCUT2D eigenvalue weighted by Gasteiger charge is 2.26. The Hall–Kier alpha value is -1.06. The molecule has 2 amide bonds. The van der Waals surface area contributed by atoms with Gasteiger partial charge in [-0.2, -0.15) is 0 Å². The molecule has 1 fully saturated rings. The average molecular weight is 226 g/mol. The molecule has 1 aliphatic heterocycles. The second kappa shape index (κ2) is 4.85. The summed E-state index contributed by atoms with van der Waals surface area (Å²) >= 11 is 0. The van der Waals surface area contributed by atoms with Crippen molar-refractivity contribution in [3.05, 3.63) is 0 Å². The highest BCUT2D eigenvalue weighted by Crippen LogP contribution is 2.16. The number of hydrogen-bond donors (Lipinski definition) is 1. The fraction of sp³-hybridized carbons (Fsp3) is 0.833. The van der Waals surface area contributed by atoms with E-state index in [0.29, 0.717) is 0 Å². The van der Waals surface area contributed by atoms with Gasteiger partial charge in [-0.1, -0.05) is 20.8 Å². The SMILES string of the molecule is CC(=O)N1CCC(NC(=O)C(C)(C)C)CC1. The molecule has 0 aromatic heterocycles. The van der Waals surface area contributed by atoms with Crippen LogP contribution < -0.4 is 5.32 Å². The third-order valence-electron chi connectivity index (χ3n) is 2.96. The molecule has 0 aromatic carbocycles. The first-order chi connectivity index (χ1) is 7.30. The second-order valence-electron chi connectivity index (χ2n) is 5.50. The second-order valence-corrected chi connectivity index (χ2v) is 5.50. The van der Waals surface area contributed by atoms with Crippen LogP contribution in [0, 0.1) is 5.41 Å². The average Bonchev–Trinajstić information content (AvgIpc) is 2.17. The maximum Gasteiger partial charge on any atom is 0.225 e. The lowest BCUT2D eigenvalue weighted by Crippen LogP contribution is -2.48. The minimum absolute atomic E-state index is 0.0915. The summed E-state index contributed by atoms with van der Waals surface area (Å²) in [5.74, 6) is 0.217. The van der Waals surface area contributed by atoms with Gasteiger partial charge in [0, 0.05) is 31.5 Å². The van der Waals surface area contributed by atoms with Gasteiger partial charge in [0.1, 0.15) is 0 Å². The summed E-state index contributed by atoms with van der Waals surface area (Å²) in [4.78, 5) is 24.7. The molecular weight excluding hydrogens is 204 g/mol. The fourth-order valence-corrected chi connectivity index (χ4v) is 1.74. The number of piperidine rings is 1. The van der Waals surface area contributed by atoms with Crippen molar-refractivity contribution in [2.45, 2.75) is 46.6 Å². The Morgan fingerprint density at radius 3 is 2.06 bits per heavy atom. The molecule has 0 spiro atoms. The van der Waals surface area contributed by atoms with Crippen LogP contribution in [0.4, 0.5) is 0 Å². The van der Waals surface area contributed by atoms with Crippen molar-refractivity contribution in [3.8, 4) is 0 Å². The predicted octanol–water partition coefficient (Wildman–Crippen LogP) is 1.16. The van der Waals surface area contributed by atoms with Crippen LogP contribution in [-0.4, -0.2) is 35.8 Å². The van der Waals surface area contributed by atoms with Crippen LogP contribution in [0.5, 0.6) is 0 Å². The summed E-state index contributed by atoms with van der Waals surface area (Å²) in [6, 6.07) is 0.224. The topological polar surface area (TPSA) is 49.4 Å². The van der Waals surface area contributed by atoms with Crippen LogP contribution in [0.2, 0.25) is 0 Å². The molecule has 16 heavy (non-hydrogen) atoms. The maximum atomic E-state index is 11.8. The number of hydrogen-bond acceptors (Lipinski definition) is 2. The molecule has 1 heterocycles. The highest BCUT2D eigenvalue weighted by atomic mass is 16.2.